The fraction of sp³-hybridized carbons (Fsp3) is 0.182. The summed E-state index contributed by atoms with van der Waals surface area (Å²) in [5, 5.41) is 19.8. The van der Waals surface area contributed by atoms with Gasteiger partial charge in [0, 0.05) is 24.2 Å². The van der Waals surface area contributed by atoms with E-state index in [1.807, 2.05) is 6.07 Å². The molecule has 0 spiro atoms. The van der Waals surface area contributed by atoms with E-state index in [-0.39, 0.29) is 17.7 Å². The number of carboxylic acid groups (broad SMARTS) is 1. The first-order valence-electron chi connectivity index (χ1n) is 9.14. The Morgan fingerprint density at radius 2 is 2.07 bits per heavy atom. The van der Waals surface area contributed by atoms with Crippen LogP contribution in [-0.4, -0.2) is 33.8 Å². The Kier molecular flexibility index (Phi) is 5.11. The molecule has 0 radical (unpaired) electrons. The van der Waals surface area contributed by atoms with Crippen molar-refractivity contribution in [3.8, 4) is 16.9 Å². The lowest BCUT2D eigenvalue weighted by Crippen LogP contribution is -2.52. The van der Waals surface area contributed by atoms with Gasteiger partial charge in [-0.1, -0.05) is 35.9 Å². The van der Waals surface area contributed by atoms with Crippen molar-refractivity contribution in [3.05, 3.63) is 76.7 Å². The first kappa shape index (κ1) is 19.2. The van der Waals surface area contributed by atoms with Gasteiger partial charge in [-0.05, 0) is 47.4 Å². The molecule has 7 heteroatoms. The minimum atomic E-state index is -0.859. The third kappa shape index (κ3) is 3.76. The van der Waals surface area contributed by atoms with Crippen molar-refractivity contribution in [1.29, 1.82) is 0 Å². The predicted octanol–water partition coefficient (Wildman–Crippen LogP) is 4.50. The molecule has 148 valence electrons. The highest BCUT2D eigenvalue weighted by Gasteiger charge is 2.34. The zero-order valence-electron chi connectivity index (χ0n) is 15.3. The Morgan fingerprint density at radius 3 is 2.69 bits per heavy atom. The second-order valence-corrected chi connectivity index (χ2v) is 7.42. The second kappa shape index (κ2) is 7.72. The smallest absolute Gasteiger partial charge is 0.326 e. The summed E-state index contributed by atoms with van der Waals surface area (Å²) >= 11 is 6.00. The van der Waals surface area contributed by atoms with Gasteiger partial charge >= 0.3 is 5.97 Å². The van der Waals surface area contributed by atoms with Crippen LogP contribution in [-0.2, 0) is 11.2 Å². The molecule has 1 aliphatic heterocycles. The van der Waals surface area contributed by atoms with Gasteiger partial charge in [0.1, 0.15) is 23.4 Å². The lowest BCUT2D eigenvalue weighted by atomic mass is 9.97. The third-order valence-electron chi connectivity index (χ3n) is 5.12. The van der Waals surface area contributed by atoms with Gasteiger partial charge in [0.15, 0.2) is 0 Å². The normalized spacial score (nSPS) is 15.8. The lowest BCUT2D eigenvalue weighted by Gasteiger charge is -2.38. The number of hydrogen-bond acceptors (Lipinski definition) is 4. The SMILES string of the molecule is O=C(O)C1CCN1c1ccc(Cc2ccc(O)c(-c3cccc(Cl)c3)c2F)cn1. The molecule has 1 fully saturated rings. The Hall–Kier alpha value is -3.12. The molecule has 1 aromatic heterocycles. The maximum absolute atomic E-state index is 15.2. The first-order valence-corrected chi connectivity index (χ1v) is 9.52. The number of pyridine rings is 1. The van der Waals surface area contributed by atoms with Crippen LogP contribution in [0.1, 0.15) is 17.5 Å². The Balaban J connectivity index is 1.59. The van der Waals surface area contributed by atoms with Crippen molar-refractivity contribution in [3.63, 3.8) is 0 Å². The van der Waals surface area contributed by atoms with E-state index in [2.05, 4.69) is 4.98 Å². The number of nitrogens with zero attached hydrogens (tertiary/aromatic N) is 2. The number of carbonyl (C=O) groups is 1. The van der Waals surface area contributed by atoms with E-state index in [0.29, 0.717) is 34.9 Å². The van der Waals surface area contributed by atoms with E-state index in [1.165, 1.54) is 6.07 Å². The molecule has 1 atom stereocenters. The zero-order chi connectivity index (χ0) is 20.5. The quantitative estimate of drug-likeness (QED) is 0.645. The van der Waals surface area contributed by atoms with Crippen LogP contribution in [0, 0.1) is 5.82 Å². The number of hydrogen-bond donors (Lipinski definition) is 2. The van der Waals surface area contributed by atoms with Crippen LogP contribution in [0.3, 0.4) is 0 Å². The molecule has 0 saturated carbocycles. The van der Waals surface area contributed by atoms with E-state index < -0.39 is 17.8 Å². The number of rotatable bonds is 5. The number of phenolic OH excluding ortho intramolecular Hbond substituents is 1. The molecule has 29 heavy (non-hydrogen) atoms. The number of aliphatic carboxylic acids is 1. The van der Waals surface area contributed by atoms with Gasteiger partial charge in [0.05, 0.1) is 5.56 Å². The third-order valence-corrected chi connectivity index (χ3v) is 5.35. The van der Waals surface area contributed by atoms with Crippen LogP contribution in [0.4, 0.5) is 10.2 Å². The molecule has 0 bridgehead atoms. The van der Waals surface area contributed by atoms with Crippen molar-refractivity contribution < 1.29 is 19.4 Å². The number of carboxylic acids is 1. The van der Waals surface area contributed by atoms with Gasteiger partial charge < -0.3 is 15.1 Å². The van der Waals surface area contributed by atoms with Crippen molar-refractivity contribution >= 4 is 23.4 Å². The van der Waals surface area contributed by atoms with Gasteiger partial charge in [0.2, 0.25) is 0 Å². The molecule has 0 amide bonds. The maximum Gasteiger partial charge on any atom is 0.326 e. The molecule has 1 aliphatic rings. The highest BCUT2D eigenvalue weighted by Crippen LogP contribution is 2.35. The van der Waals surface area contributed by atoms with E-state index in [1.54, 1.807) is 47.5 Å². The Bertz CT molecular complexity index is 1070. The summed E-state index contributed by atoms with van der Waals surface area (Å²) in [7, 11) is 0. The fourth-order valence-corrected chi connectivity index (χ4v) is 3.68. The molecular formula is C22H18ClFN2O3. The molecule has 1 unspecified atom stereocenters. The van der Waals surface area contributed by atoms with Crippen LogP contribution in [0.2, 0.25) is 5.02 Å². The number of halogens is 2. The molecule has 2 N–H and O–H groups in total. The van der Waals surface area contributed by atoms with Crippen molar-refractivity contribution in [2.45, 2.75) is 18.9 Å². The molecule has 4 rings (SSSR count). The van der Waals surface area contributed by atoms with Gasteiger partial charge in [-0.2, -0.15) is 0 Å². The summed E-state index contributed by atoms with van der Waals surface area (Å²) in [6.45, 7) is 0.652. The number of aromatic hydroxyl groups is 1. The summed E-state index contributed by atoms with van der Waals surface area (Å²) in [6, 6.07) is 12.7. The van der Waals surface area contributed by atoms with Crippen molar-refractivity contribution in [2.75, 3.05) is 11.4 Å². The van der Waals surface area contributed by atoms with Crippen LogP contribution in [0.25, 0.3) is 11.1 Å². The minimum absolute atomic E-state index is 0.111. The monoisotopic (exact) mass is 412 g/mol. The topological polar surface area (TPSA) is 73.7 Å². The summed E-state index contributed by atoms with van der Waals surface area (Å²) in [4.78, 5) is 17.2. The highest BCUT2D eigenvalue weighted by molar-refractivity contribution is 6.30. The van der Waals surface area contributed by atoms with Gasteiger partial charge in [-0.15, -0.1) is 0 Å². The summed E-state index contributed by atoms with van der Waals surface area (Å²) in [5.74, 6) is -0.926. The summed E-state index contributed by atoms with van der Waals surface area (Å²) in [5.41, 5.74) is 1.81. The van der Waals surface area contributed by atoms with E-state index in [0.717, 1.165) is 5.56 Å². The first-order chi connectivity index (χ1) is 13.9. The Labute approximate surface area is 172 Å². The standard InChI is InChI=1S/C22H18ClFN2O3/c23-16-3-1-2-14(11-16)20-18(27)6-5-15(21(20)24)10-13-4-7-19(25-12-13)26-9-8-17(26)22(28)29/h1-7,11-12,17,27H,8-10H2,(H,28,29). The van der Waals surface area contributed by atoms with Gasteiger partial charge in [-0.25, -0.2) is 14.2 Å². The van der Waals surface area contributed by atoms with Crippen LogP contribution < -0.4 is 4.90 Å². The number of aromatic nitrogens is 1. The van der Waals surface area contributed by atoms with Gasteiger partial charge in [-0.3, -0.25) is 0 Å². The van der Waals surface area contributed by atoms with Crippen molar-refractivity contribution in [2.24, 2.45) is 0 Å². The molecule has 1 saturated heterocycles. The van der Waals surface area contributed by atoms with Crippen LogP contribution >= 0.6 is 11.6 Å². The highest BCUT2D eigenvalue weighted by atomic mass is 35.5. The van der Waals surface area contributed by atoms with Crippen molar-refractivity contribution in [1.82, 2.24) is 4.98 Å². The summed E-state index contributed by atoms with van der Waals surface area (Å²) < 4.78 is 15.2. The molecule has 0 aliphatic carbocycles. The van der Waals surface area contributed by atoms with Crippen LogP contribution in [0.5, 0.6) is 5.75 Å². The molecule has 2 heterocycles. The zero-order valence-corrected chi connectivity index (χ0v) is 16.1. The molecule has 3 aromatic rings. The average molecular weight is 413 g/mol. The molecule has 2 aromatic carbocycles. The Morgan fingerprint density at radius 1 is 1.24 bits per heavy atom. The maximum atomic E-state index is 15.2. The second-order valence-electron chi connectivity index (χ2n) is 6.98. The van der Waals surface area contributed by atoms with E-state index in [4.69, 9.17) is 16.7 Å². The van der Waals surface area contributed by atoms with E-state index in [9.17, 15) is 9.90 Å². The number of benzene rings is 2. The minimum Gasteiger partial charge on any atom is -0.507 e. The molecular weight excluding hydrogens is 395 g/mol. The number of anilines is 1. The fourth-order valence-electron chi connectivity index (χ4n) is 3.49. The largest absolute Gasteiger partial charge is 0.507 e. The van der Waals surface area contributed by atoms with Gasteiger partial charge in [0.25, 0.3) is 0 Å². The van der Waals surface area contributed by atoms with E-state index >= 15 is 4.39 Å². The predicted molar refractivity (Wildman–Crippen MR) is 109 cm³/mol. The number of phenols is 1. The average Bonchev–Trinajstić information content (AvgIpc) is 2.64. The summed E-state index contributed by atoms with van der Waals surface area (Å²) in [6.07, 6.45) is 2.51. The molecule has 5 nitrogen and oxygen atoms in total. The lowest BCUT2D eigenvalue weighted by molar-refractivity contribution is -0.140. The van der Waals surface area contributed by atoms with Crippen LogP contribution in [0.15, 0.2) is 54.7 Å².